The molecule has 0 saturated carbocycles. The van der Waals surface area contributed by atoms with E-state index in [0.717, 1.165) is 54.7 Å². The average molecular weight is 391 g/mol. The van der Waals surface area contributed by atoms with Gasteiger partial charge in [-0.15, -0.1) is 0 Å². The monoisotopic (exact) mass is 390 g/mol. The highest BCUT2D eigenvalue weighted by molar-refractivity contribution is 9.18. The molecule has 0 N–H and O–H groups in total. The van der Waals surface area contributed by atoms with Crippen molar-refractivity contribution in [3.63, 3.8) is 0 Å². The molecule has 0 bridgehead atoms. The zero-order valence-electron chi connectivity index (χ0n) is 12.5. The van der Waals surface area contributed by atoms with E-state index in [1.807, 2.05) is 0 Å². The van der Waals surface area contributed by atoms with Crippen LogP contribution in [0, 0.1) is 5.92 Å². The summed E-state index contributed by atoms with van der Waals surface area (Å²) in [6.07, 6.45) is -1.21. The fourth-order valence-electron chi connectivity index (χ4n) is 3.16. The highest BCUT2D eigenvalue weighted by Gasteiger charge is 2.32. The maximum atomic E-state index is 12.6. The zero-order chi connectivity index (χ0) is 16.4. The van der Waals surface area contributed by atoms with Gasteiger partial charge in [0.25, 0.3) is 0 Å². The van der Waals surface area contributed by atoms with Crippen molar-refractivity contribution in [3.8, 4) is 0 Å². The van der Waals surface area contributed by atoms with Crippen LogP contribution in [0.2, 0.25) is 0 Å². The molecule has 2 heterocycles. The van der Waals surface area contributed by atoms with E-state index in [1.54, 1.807) is 12.1 Å². The maximum Gasteiger partial charge on any atom is 0.416 e. The van der Waals surface area contributed by atoms with Gasteiger partial charge in [-0.2, -0.15) is 13.2 Å². The fraction of sp³-hybridized carbons (Fsp3) is 0.562. The minimum Gasteiger partial charge on any atom is -0.391 e. The Kier molecular flexibility index (Phi) is 4.96. The Hall–Kier alpha value is -1.08. The first-order valence-corrected chi connectivity index (χ1v) is 8.48. The number of halogens is 4. The largest absolute Gasteiger partial charge is 0.416 e. The van der Waals surface area contributed by atoms with Crippen molar-refractivity contribution in [1.82, 2.24) is 4.90 Å². The van der Waals surface area contributed by atoms with Crippen molar-refractivity contribution in [2.45, 2.75) is 38.1 Å². The number of likely N-dealkylation sites (tertiary alicyclic amines) is 1. The second-order valence-corrected chi connectivity index (χ2v) is 7.04. The van der Waals surface area contributed by atoms with Crippen LogP contribution in [-0.4, -0.2) is 28.7 Å². The van der Waals surface area contributed by atoms with Gasteiger partial charge in [0.15, 0.2) is 0 Å². The van der Waals surface area contributed by atoms with Crippen LogP contribution < -0.4 is 0 Å². The number of hydrogen-bond donors (Lipinski definition) is 0. The molecular formula is C16H18BrF3N2O. The number of piperidine rings is 1. The number of benzene rings is 1. The molecule has 1 atom stereocenters. The Morgan fingerprint density at radius 1 is 1.17 bits per heavy atom. The van der Waals surface area contributed by atoms with Gasteiger partial charge in [-0.1, -0.05) is 17.3 Å². The molecule has 1 aromatic carbocycles. The van der Waals surface area contributed by atoms with Crippen molar-refractivity contribution in [3.05, 3.63) is 35.4 Å². The topological polar surface area (TPSA) is 24.8 Å². The summed E-state index contributed by atoms with van der Waals surface area (Å²) in [4.78, 5) is 7.70. The van der Waals surface area contributed by atoms with Crippen LogP contribution in [0.5, 0.6) is 0 Å². The predicted octanol–water partition coefficient (Wildman–Crippen LogP) is 4.41. The Morgan fingerprint density at radius 3 is 2.35 bits per heavy atom. The van der Waals surface area contributed by atoms with Crippen LogP contribution in [0.25, 0.3) is 0 Å². The van der Waals surface area contributed by atoms with Crippen molar-refractivity contribution in [2.75, 3.05) is 13.1 Å². The number of hydrogen-bond acceptors (Lipinski definition) is 3. The Bertz CT molecular complexity index is 566. The molecular weight excluding hydrogens is 373 g/mol. The molecule has 1 aromatic rings. The molecule has 0 unspecified atom stereocenters. The molecule has 0 aromatic heterocycles. The summed E-state index contributed by atoms with van der Waals surface area (Å²) in [5, 5.41) is 3.94. The third kappa shape index (κ3) is 4.26. The molecule has 2 aliphatic rings. The first kappa shape index (κ1) is 16.8. The van der Waals surface area contributed by atoms with Crippen LogP contribution >= 0.6 is 15.9 Å². The van der Waals surface area contributed by atoms with E-state index in [-0.39, 0.29) is 6.10 Å². The third-order valence-electron chi connectivity index (χ3n) is 4.50. The van der Waals surface area contributed by atoms with Gasteiger partial charge < -0.3 is 4.84 Å². The summed E-state index contributed by atoms with van der Waals surface area (Å²) in [7, 11) is 0. The van der Waals surface area contributed by atoms with E-state index in [4.69, 9.17) is 4.84 Å². The van der Waals surface area contributed by atoms with Gasteiger partial charge in [0.05, 0.1) is 5.56 Å². The van der Waals surface area contributed by atoms with E-state index in [0.29, 0.717) is 12.5 Å². The van der Waals surface area contributed by atoms with Crippen LogP contribution in [0.4, 0.5) is 13.2 Å². The fourth-order valence-corrected chi connectivity index (χ4v) is 3.56. The second-order valence-electron chi connectivity index (χ2n) is 6.12. The lowest BCUT2D eigenvalue weighted by Gasteiger charge is -2.33. The first-order chi connectivity index (χ1) is 10.9. The molecule has 1 saturated heterocycles. The van der Waals surface area contributed by atoms with Gasteiger partial charge in [0.1, 0.15) is 10.7 Å². The molecule has 0 amide bonds. The average Bonchev–Trinajstić information content (AvgIpc) is 2.94. The summed E-state index contributed by atoms with van der Waals surface area (Å²) in [6.45, 7) is 2.56. The van der Waals surface area contributed by atoms with Crippen LogP contribution in [0.15, 0.2) is 29.4 Å². The number of rotatable bonds is 3. The zero-order valence-corrected chi connectivity index (χ0v) is 14.1. The minimum absolute atomic E-state index is 0.164. The molecule has 3 rings (SSSR count). The molecule has 0 aliphatic carbocycles. The molecule has 0 spiro atoms. The van der Waals surface area contributed by atoms with Gasteiger partial charge in [0.2, 0.25) is 0 Å². The molecule has 126 valence electrons. The standard InChI is InChI=1S/C16H18BrF3N2O/c17-15-9-14(23-21-15)12-5-7-22(8-6-12)10-11-1-3-13(4-2-11)16(18,19)20/h1-4,12,14H,5-10H2/t14-/m1/s1. The maximum absolute atomic E-state index is 12.6. The molecule has 23 heavy (non-hydrogen) atoms. The quantitative estimate of drug-likeness (QED) is 0.763. The predicted molar refractivity (Wildman–Crippen MR) is 85.3 cm³/mol. The minimum atomic E-state index is -4.27. The lowest BCUT2D eigenvalue weighted by atomic mass is 9.90. The van der Waals surface area contributed by atoms with E-state index in [2.05, 4.69) is 26.0 Å². The summed E-state index contributed by atoms with van der Waals surface area (Å²) in [5.41, 5.74) is 0.323. The molecule has 2 aliphatic heterocycles. The second kappa shape index (κ2) is 6.81. The van der Waals surface area contributed by atoms with Crippen molar-refractivity contribution in [2.24, 2.45) is 11.1 Å². The lowest BCUT2D eigenvalue weighted by Crippen LogP contribution is -2.37. The summed E-state index contributed by atoms with van der Waals surface area (Å²) < 4.78 is 38.6. The number of alkyl halides is 3. The van der Waals surface area contributed by atoms with E-state index >= 15 is 0 Å². The molecule has 7 heteroatoms. The highest BCUT2D eigenvalue weighted by atomic mass is 79.9. The van der Waals surface area contributed by atoms with Crippen LogP contribution in [-0.2, 0) is 17.6 Å². The van der Waals surface area contributed by atoms with Crippen molar-refractivity contribution < 1.29 is 18.0 Å². The Morgan fingerprint density at radius 2 is 1.83 bits per heavy atom. The first-order valence-electron chi connectivity index (χ1n) is 7.68. The van der Waals surface area contributed by atoms with Crippen molar-refractivity contribution >= 4 is 20.6 Å². The van der Waals surface area contributed by atoms with Crippen LogP contribution in [0.1, 0.15) is 30.4 Å². The molecule has 3 nitrogen and oxygen atoms in total. The number of nitrogens with zero attached hydrogens (tertiary/aromatic N) is 2. The van der Waals surface area contributed by atoms with Crippen molar-refractivity contribution in [1.29, 1.82) is 0 Å². The third-order valence-corrected chi connectivity index (χ3v) is 4.97. The van der Waals surface area contributed by atoms with Crippen LogP contribution in [0.3, 0.4) is 0 Å². The van der Waals surface area contributed by atoms with Gasteiger partial charge in [-0.3, -0.25) is 4.90 Å². The van der Waals surface area contributed by atoms with E-state index < -0.39 is 11.7 Å². The van der Waals surface area contributed by atoms with E-state index in [9.17, 15) is 13.2 Å². The highest BCUT2D eigenvalue weighted by Crippen LogP contribution is 2.31. The van der Waals surface area contributed by atoms with Gasteiger partial charge >= 0.3 is 6.18 Å². The van der Waals surface area contributed by atoms with Gasteiger partial charge in [0, 0.05) is 18.9 Å². The Balaban J connectivity index is 1.49. The Labute approximate surface area is 141 Å². The van der Waals surface area contributed by atoms with Gasteiger partial charge in [-0.05, 0) is 59.6 Å². The van der Waals surface area contributed by atoms with Gasteiger partial charge in [-0.25, -0.2) is 0 Å². The normalized spacial score (nSPS) is 23.7. The molecule has 0 radical (unpaired) electrons. The van der Waals surface area contributed by atoms with E-state index in [1.165, 1.54) is 0 Å². The lowest BCUT2D eigenvalue weighted by molar-refractivity contribution is -0.137. The molecule has 1 fully saturated rings. The number of oxime groups is 1. The SMILES string of the molecule is FC(F)(F)c1ccc(CN2CCC([C@H]3CC(Br)=NO3)CC2)cc1. The summed E-state index contributed by atoms with van der Waals surface area (Å²) in [5.74, 6) is 0.498. The summed E-state index contributed by atoms with van der Waals surface area (Å²) >= 11 is 3.36. The smallest absolute Gasteiger partial charge is 0.391 e. The summed E-state index contributed by atoms with van der Waals surface area (Å²) in [6, 6.07) is 5.45.